The van der Waals surface area contributed by atoms with Crippen LogP contribution in [0.25, 0.3) is 11.0 Å². The summed E-state index contributed by atoms with van der Waals surface area (Å²) in [4.78, 5) is 27.5. The number of amides is 1. The average molecular weight is 383 g/mol. The highest BCUT2D eigenvalue weighted by Crippen LogP contribution is 2.27. The van der Waals surface area contributed by atoms with E-state index >= 15 is 0 Å². The van der Waals surface area contributed by atoms with E-state index in [1.807, 2.05) is 30.9 Å². The van der Waals surface area contributed by atoms with Gasteiger partial charge in [-0.3, -0.25) is 4.79 Å². The van der Waals surface area contributed by atoms with E-state index in [-0.39, 0.29) is 24.1 Å². The zero-order chi connectivity index (χ0) is 19.0. The topological polar surface area (TPSA) is 59.8 Å². The quantitative estimate of drug-likeness (QED) is 0.640. The monoisotopic (exact) mass is 383 g/mol. The lowest BCUT2D eigenvalue weighted by molar-refractivity contribution is -0.134. The number of hydrogen-bond acceptors (Lipinski definition) is 5. The van der Waals surface area contributed by atoms with Gasteiger partial charge in [-0.05, 0) is 47.0 Å². The molecule has 140 valence electrons. The van der Waals surface area contributed by atoms with Gasteiger partial charge in [-0.2, -0.15) is 0 Å². The first-order valence-corrected chi connectivity index (χ1v) is 9.93. The molecule has 0 N–H and O–H groups in total. The molecule has 0 unspecified atom stereocenters. The Bertz CT molecular complexity index is 1050. The second-order valence-corrected chi connectivity index (χ2v) is 8.06. The normalized spacial score (nSPS) is 13.8. The fraction of sp³-hybridized carbons (Fsp3) is 0.333. The molecule has 3 heterocycles. The maximum absolute atomic E-state index is 12.5. The Balaban J connectivity index is 1.48. The van der Waals surface area contributed by atoms with Gasteiger partial charge in [-0.15, -0.1) is 11.3 Å². The predicted molar refractivity (Wildman–Crippen MR) is 106 cm³/mol. The Morgan fingerprint density at radius 1 is 1.30 bits per heavy atom. The van der Waals surface area contributed by atoms with Gasteiger partial charge in [0.05, 0.1) is 0 Å². The van der Waals surface area contributed by atoms with E-state index in [0.29, 0.717) is 17.9 Å². The maximum atomic E-state index is 12.5. The minimum Gasteiger partial charge on any atom is -0.484 e. The van der Waals surface area contributed by atoms with Crippen LogP contribution in [0.4, 0.5) is 0 Å². The molecule has 0 radical (unpaired) electrons. The van der Waals surface area contributed by atoms with Crippen LogP contribution in [0.2, 0.25) is 0 Å². The molecular formula is C21H21NO4S. The van der Waals surface area contributed by atoms with Gasteiger partial charge in [-0.1, -0.05) is 13.8 Å². The standard InChI is InChI=1S/C21H21NO4S/c1-13(2)17-10-21(24)26-18-9-15(3-4-16(17)18)25-12-20(23)22-7-5-19-14(11-22)6-8-27-19/h3-4,6,8-10,13H,5,7,11-12H2,1-2H3. The van der Waals surface area contributed by atoms with Gasteiger partial charge in [0.15, 0.2) is 6.61 Å². The molecule has 1 aliphatic rings. The first kappa shape index (κ1) is 17.8. The van der Waals surface area contributed by atoms with Gasteiger partial charge < -0.3 is 14.1 Å². The molecule has 1 aromatic carbocycles. The minimum absolute atomic E-state index is 0.0287. The molecule has 5 nitrogen and oxygen atoms in total. The number of ether oxygens (including phenoxy) is 1. The molecule has 1 amide bonds. The molecule has 0 atom stereocenters. The van der Waals surface area contributed by atoms with Crippen LogP contribution in [0, 0.1) is 0 Å². The van der Waals surface area contributed by atoms with Crippen LogP contribution in [0.1, 0.15) is 35.8 Å². The maximum Gasteiger partial charge on any atom is 0.336 e. The van der Waals surface area contributed by atoms with Gasteiger partial charge in [0, 0.05) is 35.5 Å². The number of fused-ring (bicyclic) bond motifs is 2. The molecule has 0 spiro atoms. The highest BCUT2D eigenvalue weighted by atomic mass is 32.1. The molecule has 0 fully saturated rings. The van der Waals surface area contributed by atoms with E-state index in [1.165, 1.54) is 16.5 Å². The first-order valence-electron chi connectivity index (χ1n) is 9.05. The zero-order valence-corrected chi connectivity index (χ0v) is 16.2. The summed E-state index contributed by atoms with van der Waals surface area (Å²) >= 11 is 1.75. The number of hydrogen-bond donors (Lipinski definition) is 0. The van der Waals surface area contributed by atoms with E-state index in [9.17, 15) is 9.59 Å². The Labute approximate surface area is 161 Å². The number of thiophene rings is 1. The molecule has 27 heavy (non-hydrogen) atoms. The lowest BCUT2D eigenvalue weighted by Crippen LogP contribution is -2.38. The minimum atomic E-state index is -0.376. The molecule has 2 aromatic heterocycles. The highest BCUT2D eigenvalue weighted by molar-refractivity contribution is 7.10. The van der Waals surface area contributed by atoms with Crippen LogP contribution in [-0.2, 0) is 17.8 Å². The summed E-state index contributed by atoms with van der Waals surface area (Å²) in [6.07, 6.45) is 0.901. The van der Waals surface area contributed by atoms with Crippen molar-refractivity contribution in [1.82, 2.24) is 4.90 Å². The van der Waals surface area contributed by atoms with Gasteiger partial charge >= 0.3 is 5.63 Å². The number of benzene rings is 1. The van der Waals surface area contributed by atoms with Crippen LogP contribution in [-0.4, -0.2) is 24.0 Å². The van der Waals surface area contributed by atoms with E-state index in [1.54, 1.807) is 17.4 Å². The second-order valence-electron chi connectivity index (χ2n) is 7.06. The largest absolute Gasteiger partial charge is 0.484 e. The number of rotatable bonds is 4. The molecule has 3 aromatic rings. The van der Waals surface area contributed by atoms with Crippen molar-refractivity contribution < 1.29 is 13.9 Å². The van der Waals surface area contributed by atoms with E-state index in [2.05, 4.69) is 11.4 Å². The lowest BCUT2D eigenvalue weighted by Gasteiger charge is -2.27. The van der Waals surface area contributed by atoms with Crippen molar-refractivity contribution >= 4 is 28.2 Å². The molecule has 0 bridgehead atoms. The molecule has 1 aliphatic heterocycles. The Kier molecular flexibility index (Phi) is 4.74. The molecule has 0 saturated carbocycles. The van der Waals surface area contributed by atoms with E-state index in [4.69, 9.17) is 9.15 Å². The van der Waals surface area contributed by atoms with Gasteiger partial charge in [-0.25, -0.2) is 4.79 Å². The van der Waals surface area contributed by atoms with Crippen molar-refractivity contribution in [2.75, 3.05) is 13.2 Å². The summed E-state index contributed by atoms with van der Waals surface area (Å²) in [6, 6.07) is 8.99. The SMILES string of the molecule is CC(C)c1cc(=O)oc2cc(OCC(=O)N3CCc4sccc4C3)ccc12. The van der Waals surface area contributed by atoms with Crippen molar-refractivity contribution in [2.24, 2.45) is 0 Å². The van der Waals surface area contributed by atoms with Crippen molar-refractivity contribution in [3.05, 3.63) is 62.1 Å². The van der Waals surface area contributed by atoms with Crippen molar-refractivity contribution in [1.29, 1.82) is 0 Å². The summed E-state index contributed by atoms with van der Waals surface area (Å²) in [5.41, 5.74) is 2.29. The van der Waals surface area contributed by atoms with Crippen LogP contribution in [0.3, 0.4) is 0 Å². The van der Waals surface area contributed by atoms with E-state index in [0.717, 1.165) is 23.9 Å². The third-order valence-electron chi connectivity index (χ3n) is 4.89. The lowest BCUT2D eigenvalue weighted by atomic mass is 10.00. The molecule has 0 saturated heterocycles. The Morgan fingerprint density at radius 2 is 2.15 bits per heavy atom. The predicted octanol–water partition coefficient (Wildman–Crippen LogP) is 3.94. The van der Waals surface area contributed by atoms with Gasteiger partial charge in [0.2, 0.25) is 0 Å². The molecule has 6 heteroatoms. The summed E-state index contributed by atoms with van der Waals surface area (Å²) in [6.45, 7) is 5.41. The number of carbonyl (C=O) groups is 1. The van der Waals surface area contributed by atoms with Crippen LogP contribution in [0.5, 0.6) is 5.75 Å². The fourth-order valence-corrected chi connectivity index (χ4v) is 4.32. The van der Waals surface area contributed by atoms with Crippen molar-refractivity contribution in [2.45, 2.75) is 32.7 Å². The average Bonchev–Trinajstić information content (AvgIpc) is 3.12. The van der Waals surface area contributed by atoms with Crippen molar-refractivity contribution in [3.8, 4) is 5.75 Å². The van der Waals surface area contributed by atoms with Crippen molar-refractivity contribution in [3.63, 3.8) is 0 Å². The summed E-state index contributed by atoms with van der Waals surface area (Å²) in [7, 11) is 0. The zero-order valence-electron chi connectivity index (χ0n) is 15.4. The summed E-state index contributed by atoms with van der Waals surface area (Å²) < 4.78 is 11.0. The molecule has 4 rings (SSSR count). The second kappa shape index (κ2) is 7.19. The van der Waals surface area contributed by atoms with Gasteiger partial charge in [0.1, 0.15) is 11.3 Å². The number of nitrogens with zero attached hydrogens (tertiary/aromatic N) is 1. The highest BCUT2D eigenvalue weighted by Gasteiger charge is 2.21. The van der Waals surface area contributed by atoms with Gasteiger partial charge in [0.25, 0.3) is 5.91 Å². The fourth-order valence-electron chi connectivity index (χ4n) is 3.43. The van der Waals surface area contributed by atoms with Crippen LogP contribution >= 0.6 is 11.3 Å². The van der Waals surface area contributed by atoms with Crippen LogP contribution in [0.15, 0.2) is 44.9 Å². The Hall–Kier alpha value is -2.60. The van der Waals surface area contributed by atoms with Crippen LogP contribution < -0.4 is 10.4 Å². The third kappa shape index (κ3) is 3.62. The smallest absolute Gasteiger partial charge is 0.336 e. The van der Waals surface area contributed by atoms with E-state index < -0.39 is 0 Å². The summed E-state index contributed by atoms with van der Waals surface area (Å²) in [5.74, 6) is 0.698. The first-order chi connectivity index (χ1) is 13.0. The number of carbonyl (C=O) groups excluding carboxylic acids is 1. The molecule has 0 aliphatic carbocycles. The molecular weight excluding hydrogens is 362 g/mol. The Morgan fingerprint density at radius 3 is 2.96 bits per heavy atom. The summed E-state index contributed by atoms with van der Waals surface area (Å²) in [5, 5.41) is 2.97. The third-order valence-corrected chi connectivity index (χ3v) is 5.92.